The number of hydrogen-bond donors (Lipinski definition) is 0. The third-order valence-corrected chi connectivity index (χ3v) is 10.3. The number of pyridine rings is 1. The van der Waals surface area contributed by atoms with Gasteiger partial charge >= 0.3 is 24.1 Å². The molecule has 0 spiro atoms. The van der Waals surface area contributed by atoms with Crippen molar-refractivity contribution < 1.29 is 47.8 Å². The van der Waals surface area contributed by atoms with Gasteiger partial charge in [0.1, 0.15) is 17.6 Å². The summed E-state index contributed by atoms with van der Waals surface area (Å²) >= 11 is 0. The van der Waals surface area contributed by atoms with Crippen LogP contribution in [-0.2, 0) is 60.9 Å². The predicted octanol–water partition coefficient (Wildman–Crippen LogP) is 6.26. The van der Waals surface area contributed by atoms with Crippen LogP contribution in [0.2, 0.25) is 0 Å². The molecule has 0 radical (unpaired) electrons. The minimum Gasteiger partial charge on any atom is -0.466 e. The maximum absolute atomic E-state index is 13.8. The Balaban J connectivity index is 0.00000542. The number of carbonyl (C=O) groups is 5. The van der Waals surface area contributed by atoms with Crippen molar-refractivity contribution in [2.75, 3.05) is 46.0 Å². The number of carbonyl (C=O) groups excluding carboxylic acids is 7. The van der Waals surface area contributed by atoms with Crippen LogP contribution in [0.25, 0.3) is 0 Å². The average Bonchev–Trinajstić information content (AvgIpc) is 3.18. The van der Waals surface area contributed by atoms with Gasteiger partial charge in [0.15, 0.2) is 0 Å². The van der Waals surface area contributed by atoms with Gasteiger partial charge in [-0.3, -0.25) is 43.7 Å². The Bertz CT molecular complexity index is 1390. The maximum atomic E-state index is 13.8. The molecule has 1 aliphatic heterocycles. The van der Waals surface area contributed by atoms with E-state index in [0.717, 1.165) is 75.6 Å². The van der Waals surface area contributed by atoms with Crippen molar-refractivity contribution in [2.45, 2.75) is 169 Å². The molecule has 2 heterocycles. The fourth-order valence-electron chi connectivity index (χ4n) is 6.98. The van der Waals surface area contributed by atoms with Crippen LogP contribution in [-0.4, -0.2) is 119 Å². The minimum absolute atomic E-state index is 0.0622. The lowest BCUT2D eigenvalue weighted by Crippen LogP contribution is -2.52. The van der Waals surface area contributed by atoms with Crippen LogP contribution in [0.4, 0.5) is 0 Å². The van der Waals surface area contributed by atoms with Gasteiger partial charge in [-0.25, -0.2) is 0 Å². The lowest BCUT2D eigenvalue weighted by molar-refractivity contribution is -0.191. The fraction of sp³-hybridized carbons (Fsp3) is 0.750. The highest BCUT2D eigenvalue weighted by Crippen LogP contribution is 2.21. The van der Waals surface area contributed by atoms with Crippen molar-refractivity contribution >= 4 is 35.6 Å². The van der Waals surface area contributed by atoms with E-state index in [9.17, 15) is 24.0 Å². The van der Waals surface area contributed by atoms with E-state index in [2.05, 4.69) is 28.5 Å². The number of hydrogen-bond acceptors (Lipinski definition) is 14. The van der Waals surface area contributed by atoms with Crippen LogP contribution in [0.3, 0.4) is 0 Å². The number of Topliss-reactive ketones (excluding diaryl/α,β-unsaturated/α-hetero) is 2. The molecule has 3 atom stereocenters. The van der Waals surface area contributed by atoms with Gasteiger partial charge in [-0.05, 0) is 64.5 Å². The SMILES string of the molecule is CCCCCCC(C(=O)OCCCC)N1CCN(C(CCC(=O)OCCCC)C(C)=O)CCN(C(CCC(=O)OCCCC)C(C)=O)Cc2cccc(n2)C1.O=C=O. The van der Waals surface area contributed by atoms with E-state index in [0.29, 0.717) is 78.4 Å². The first-order valence-corrected chi connectivity index (χ1v) is 21.6. The van der Waals surface area contributed by atoms with Gasteiger partial charge in [0.25, 0.3) is 0 Å². The van der Waals surface area contributed by atoms with E-state index >= 15 is 0 Å². The van der Waals surface area contributed by atoms with Crippen LogP contribution in [0.15, 0.2) is 18.2 Å². The zero-order valence-electron chi connectivity index (χ0n) is 36.3. The van der Waals surface area contributed by atoms with Crippen molar-refractivity contribution in [1.82, 2.24) is 19.7 Å². The van der Waals surface area contributed by atoms with Crippen molar-refractivity contribution in [3.63, 3.8) is 0 Å². The lowest BCUT2D eigenvalue weighted by Gasteiger charge is -2.38. The second kappa shape index (κ2) is 32.1. The van der Waals surface area contributed by atoms with E-state index in [1.165, 1.54) is 0 Å². The summed E-state index contributed by atoms with van der Waals surface area (Å²) in [6.07, 6.45) is 10.9. The summed E-state index contributed by atoms with van der Waals surface area (Å²) in [6, 6.07) is 4.22. The summed E-state index contributed by atoms with van der Waals surface area (Å²) in [7, 11) is 0. The molecule has 0 fully saturated rings. The van der Waals surface area contributed by atoms with Crippen molar-refractivity contribution in [1.29, 1.82) is 0 Å². The molecule has 0 aliphatic carbocycles. The van der Waals surface area contributed by atoms with E-state index in [1.807, 2.05) is 32.0 Å². The first kappa shape index (κ1) is 52.2. The standard InChI is InChI=1S/C43H72N4O8.CO2/c1-7-11-15-16-20-40(43(52)55-31-14-10-4)47-28-26-45(38(34(5)48)21-23-41(50)53-29-12-8-2)25-27-46(32-36-18-17-19-37(33-47)44-36)39(35(6)49)22-24-42(51)54-30-13-9-3;2-1-3/h17-19,38-40H,7-16,20-33H2,1-6H3;. The molecular formula is C44H72N4O10. The van der Waals surface area contributed by atoms with Gasteiger partial charge in [0.2, 0.25) is 0 Å². The zero-order valence-corrected chi connectivity index (χ0v) is 36.3. The molecule has 2 bridgehead atoms. The average molecular weight is 817 g/mol. The molecule has 3 unspecified atom stereocenters. The number of ether oxygens (including phenoxy) is 3. The molecular weight excluding hydrogens is 745 g/mol. The lowest BCUT2D eigenvalue weighted by atomic mass is 10.0. The quantitative estimate of drug-likeness (QED) is 0.0583. The summed E-state index contributed by atoms with van der Waals surface area (Å²) in [5.41, 5.74) is 1.56. The maximum Gasteiger partial charge on any atom is 0.373 e. The molecule has 0 saturated heterocycles. The molecule has 328 valence electrons. The number of esters is 3. The number of unbranched alkanes of at least 4 members (excludes halogenated alkanes) is 6. The van der Waals surface area contributed by atoms with Crippen LogP contribution in [0, 0.1) is 0 Å². The highest BCUT2D eigenvalue weighted by Gasteiger charge is 2.32. The Morgan fingerprint density at radius 3 is 1.45 bits per heavy atom. The Morgan fingerprint density at radius 1 is 0.586 bits per heavy atom. The smallest absolute Gasteiger partial charge is 0.373 e. The van der Waals surface area contributed by atoms with Crippen LogP contribution in [0.5, 0.6) is 0 Å². The molecule has 1 aromatic rings. The third kappa shape index (κ3) is 21.8. The molecule has 0 N–H and O–H groups in total. The highest BCUT2D eigenvalue weighted by molar-refractivity contribution is 5.83. The zero-order chi connectivity index (χ0) is 43.1. The first-order chi connectivity index (χ1) is 27.9. The summed E-state index contributed by atoms with van der Waals surface area (Å²) in [6.45, 7) is 15.0. The molecule has 0 aromatic carbocycles. The number of rotatable bonds is 26. The summed E-state index contributed by atoms with van der Waals surface area (Å²) in [5, 5.41) is 0. The number of ketones is 2. The minimum atomic E-state index is -0.579. The van der Waals surface area contributed by atoms with Gasteiger partial charge < -0.3 is 14.2 Å². The first-order valence-electron chi connectivity index (χ1n) is 21.6. The molecule has 1 aromatic heterocycles. The molecule has 0 amide bonds. The van der Waals surface area contributed by atoms with Gasteiger partial charge in [0.05, 0.1) is 43.3 Å². The molecule has 2 rings (SSSR count). The highest BCUT2D eigenvalue weighted by atomic mass is 16.5. The molecule has 14 nitrogen and oxygen atoms in total. The summed E-state index contributed by atoms with van der Waals surface area (Å²) in [5.74, 6) is -1.01. The fourth-order valence-corrected chi connectivity index (χ4v) is 6.98. The topological polar surface area (TPSA) is 170 Å². The van der Waals surface area contributed by atoms with E-state index in [4.69, 9.17) is 28.8 Å². The molecule has 14 heteroatoms. The van der Waals surface area contributed by atoms with Crippen molar-refractivity contribution in [3.8, 4) is 0 Å². The second-order valence-corrected chi connectivity index (χ2v) is 15.0. The predicted molar refractivity (Wildman–Crippen MR) is 219 cm³/mol. The van der Waals surface area contributed by atoms with Gasteiger partial charge in [-0.15, -0.1) is 0 Å². The van der Waals surface area contributed by atoms with Crippen LogP contribution >= 0.6 is 0 Å². The summed E-state index contributed by atoms with van der Waals surface area (Å²) < 4.78 is 16.7. The number of fused-ring (bicyclic) bond motifs is 2. The Kier molecular flexibility index (Phi) is 28.8. The molecule has 0 saturated carbocycles. The Morgan fingerprint density at radius 2 is 1.00 bits per heavy atom. The number of nitrogens with zero attached hydrogens (tertiary/aromatic N) is 4. The van der Waals surface area contributed by atoms with Gasteiger partial charge in [-0.2, -0.15) is 9.59 Å². The van der Waals surface area contributed by atoms with Crippen LogP contribution in [0.1, 0.15) is 149 Å². The Hall–Kier alpha value is -3.84. The second-order valence-electron chi connectivity index (χ2n) is 15.0. The largest absolute Gasteiger partial charge is 0.466 e. The van der Waals surface area contributed by atoms with Gasteiger partial charge in [-0.1, -0.05) is 78.7 Å². The monoisotopic (exact) mass is 817 g/mol. The van der Waals surface area contributed by atoms with Crippen LogP contribution < -0.4 is 0 Å². The molecule has 1 aliphatic rings. The third-order valence-electron chi connectivity index (χ3n) is 10.3. The van der Waals surface area contributed by atoms with E-state index in [-0.39, 0.29) is 48.5 Å². The Labute approximate surface area is 347 Å². The summed E-state index contributed by atoms with van der Waals surface area (Å²) in [4.78, 5) is 93.3. The van der Waals surface area contributed by atoms with E-state index < -0.39 is 18.1 Å². The van der Waals surface area contributed by atoms with Crippen molar-refractivity contribution in [3.05, 3.63) is 29.6 Å². The molecule has 58 heavy (non-hydrogen) atoms. The van der Waals surface area contributed by atoms with E-state index in [1.54, 1.807) is 13.8 Å². The normalized spacial score (nSPS) is 15.6. The van der Waals surface area contributed by atoms with Gasteiger partial charge in [0, 0.05) is 52.1 Å². The number of aromatic nitrogens is 1. The van der Waals surface area contributed by atoms with Crippen molar-refractivity contribution in [2.24, 2.45) is 0 Å².